The molecule has 2 atom stereocenters. The lowest BCUT2D eigenvalue weighted by Crippen LogP contribution is -2.45. The second-order valence-electron chi connectivity index (χ2n) is 14.9. The number of carbonyl (C=O) groups excluding carboxylic acids is 1. The first-order chi connectivity index (χ1) is 27.3. The lowest BCUT2D eigenvalue weighted by Gasteiger charge is -2.28. The molecule has 4 aromatic rings. The van der Waals surface area contributed by atoms with Crippen LogP contribution in [0.2, 0.25) is 5.02 Å². The number of ether oxygens (including phenoxy) is 3. The number of amides is 1. The minimum Gasteiger partial charge on any atom is -0.493 e. The van der Waals surface area contributed by atoms with Crippen molar-refractivity contribution >= 4 is 17.5 Å². The first-order valence-corrected chi connectivity index (χ1v) is 19.9. The van der Waals surface area contributed by atoms with E-state index in [1.165, 1.54) is 5.56 Å². The zero-order valence-electron chi connectivity index (χ0n) is 31.7. The van der Waals surface area contributed by atoms with Gasteiger partial charge in [-0.2, -0.15) is 10.5 Å². The molecule has 290 valence electrons. The molecule has 2 fully saturated rings. The molecule has 4 aromatic carbocycles. The summed E-state index contributed by atoms with van der Waals surface area (Å²) in [5.41, 5.74) is 8.05. The monoisotopic (exact) mass is 775 g/mol. The van der Waals surface area contributed by atoms with E-state index in [4.69, 9.17) is 25.8 Å². The highest BCUT2D eigenvalue weighted by molar-refractivity contribution is 6.32. The van der Waals surface area contributed by atoms with E-state index in [1.807, 2.05) is 24.3 Å². The molecule has 56 heavy (non-hydrogen) atoms. The van der Waals surface area contributed by atoms with E-state index in [1.54, 1.807) is 18.2 Å². The van der Waals surface area contributed by atoms with Gasteiger partial charge in [-0.15, -0.1) is 0 Å². The van der Waals surface area contributed by atoms with Gasteiger partial charge in [-0.05, 0) is 109 Å². The first kappa shape index (κ1) is 39.1. The van der Waals surface area contributed by atoms with Gasteiger partial charge in [0.2, 0.25) is 5.91 Å². The number of hydrogen-bond acceptors (Lipinski definition) is 8. The summed E-state index contributed by atoms with van der Waals surface area (Å²) in [4.78, 5) is 14.0. The number of halogens is 2. The Balaban J connectivity index is 1.07. The summed E-state index contributed by atoms with van der Waals surface area (Å²) in [7, 11) is 0. The van der Waals surface area contributed by atoms with Crippen LogP contribution in [0.15, 0.2) is 66.7 Å². The van der Waals surface area contributed by atoms with Gasteiger partial charge in [0, 0.05) is 56.8 Å². The van der Waals surface area contributed by atoms with Gasteiger partial charge in [-0.25, -0.2) is 4.39 Å². The highest BCUT2D eigenvalue weighted by Gasteiger charge is 2.29. The van der Waals surface area contributed by atoms with Crippen molar-refractivity contribution in [3.05, 3.63) is 111 Å². The van der Waals surface area contributed by atoms with Crippen LogP contribution in [0, 0.1) is 29.6 Å². The molecular formula is C45H47ClFN5O4. The van der Waals surface area contributed by atoms with E-state index < -0.39 is 6.17 Å². The van der Waals surface area contributed by atoms with Gasteiger partial charge in [0.15, 0.2) is 0 Å². The molecule has 0 aromatic heterocycles. The quantitative estimate of drug-likeness (QED) is 0.123. The number of rotatable bonds is 14. The fourth-order valence-electron chi connectivity index (χ4n) is 7.97. The van der Waals surface area contributed by atoms with Gasteiger partial charge in [0.25, 0.3) is 0 Å². The van der Waals surface area contributed by atoms with Crippen LogP contribution in [0.5, 0.6) is 17.2 Å². The van der Waals surface area contributed by atoms with Crippen LogP contribution in [0.25, 0.3) is 11.1 Å². The molecule has 2 aliphatic heterocycles. The Morgan fingerprint density at radius 2 is 1.68 bits per heavy atom. The van der Waals surface area contributed by atoms with Gasteiger partial charge in [0.1, 0.15) is 36.1 Å². The average molecular weight is 776 g/mol. The van der Waals surface area contributed by atoms with Crippen LogP contribution in [-0.4, -0.2) is 55.8 Å². The number of hydrogen-bond donors (Lipinski definition) is 2. The number of piperidine rings is 2. The number of carbonyl (C=O) groups is 1. The molecule has 2 N–H and O–H groups in total. The zero-order valence-corrected chi connectivity index (χ0v) is 32.5. The van der Waals surface area contributed by atoms with Crippen LogP contribution in [0.3, 0.4) is 0 Å². The summed E-state index contributed by atoms with van der Waals surface area (Å²) in [6.07, 6.45) is 4.08. The molecule has 0 bridgehead atoms. The largest absolute Gasteiger partial charge is 0.493 e. The summed E-state index contributed by atoms with van der Waals surface area (Å²) in [6.45, 7) is 6.40. The Bertz CT molecular complexity index is 2100. The summed E-state index contributed by atoms with van der Waals surface area (Å²) in [6, 6.07) is 25.6. The molecule has 0 saturated carbocycles. The summed E-state index contributed by atoms with van der Waals surface area (Å²) >= 11 is 6.94. The molecule has 7 rings (SSSR count). The smallest absolute Gasteiger partial charge is 0.220 e. The summed E-state index contributed by atoms with van der Waals surface area (Å²) in [5.74, 6) is 2.00. The van der Waals surface area contributed by atoms with Crippen molar-refractivity contribution in [1.29, 1.82) is 10.5 Å². The molecular weight excluding hydrogens is 729 g/mol. The second-order valence-corrected chi connectivity index (χ2v) is 15.3. The summed E-state index contributed by atoms with van der Waals surface area (Å²) < 4.78 is 32.9. The number of fused-ring (bicyclic) bond motifs is 1. The Morgan fingerprint density at radius 3 is 2.43 bits per heavy atom. The molecule has 11 heteroatoms. The fraction of sp³-hybridized carbons (Fsp3) is 0.400. The van der Waals surface area contributed by atoms with Crippen molar-refractivity contribution in [2.45, 2.75) is 83.3 Å². The molecule has 2 saturated heterocycles. The second kappa shape index (κ2) is 18.2. The maximum absolute atomic E-state index is 13.5. The Hall–Kier alpha value is -5.13. The van der Waals surface area contributed by atoms with Crippen LogP contribution >= 0.6 is 11.6 Å². The summed E-state index contributed by atoms with van der Waals surface area (Å²) in [5, 5.41) is 25.9. The van der Waals surface area contributed by atoms with Crippen molar-refractivity contribution in [3.63, 3.8) is 0 Å². The number of benzene rings is 4. The first-order valence-electron chi connectivity index (χ1n) is 19.5. The van der Waals surface area contributed by atoms with E-state index in [-0.39, 0.29) is 24.7 Å². The molecule has 1 aliphatic carbocycles. The highest BCUT2D eigenvalue weighted by atomic mass is 35.5. The fourth-order valence-corrected chi connectivity index (χ4v) is 8.20. The third-order valence-corrected chi connectivity index (χ3v) is 11.4. The minimum absolute atomic E-state index is 0.0565. The van der Waals surface area contributed by atoms with E-state index in [9.17, 15) is 19.7 Å². The van der Waals surface area contributed by atoms with Crippen LogP contribution in [0.1, 0.15) is 83.6 Å². The van der Waals surface area contributed by atoms with E-state index in [0.29, 0.717) is 72.2 Å². The third-order valence-electron chi connectivity index (χ3n) is 11.1. The molecule has 0 unspecified atom stereocenters. The van der Waals surface area contributed by atoms with Crippen molar-refractivity contribution in [3.8, 4) is 40.5 Å². The SMILES string of the molecule is Cc1c(OCCCN2CCC(F)CC2)cccc1-c1cccc2c1CC[C@@H]2Oc1cc(OCc2cc(C#N)cc(C#N)c2)c(CN[C@H]2CCC(=O)NC2)cc1Cl. The highest BCUT2D eigenvalue weighted by Crippen LogP contribution is 2.44. The predicted octanol–water partition coefficient (Wildman–Crippen LogP) is 8.28. The zero-order chi connectivity index (χ0) is 39.0. The number of alkyl halides is 1. The van der Waals surface area contributed by atoms with Crippen molar-refractivity contribution in [2.24, 2.45) is 0 Å². The van der Waals surface area contributed by atoms with Crippen molar-refractivity contribution in [1.82, 2.24) is 15.5 Å². The van der Waals surface area contributed by atoms with Gasteiger partial charge < -0.3 is 29.7 Å². The lowest BCUT2D eigenvalue weighted by atomic mass is 9.93. The van der Waals surface area contributed by atoms with E-state index in [2.05, 4.69) is 58.9 Å². The van der Waals surface area contributed by atoms with Crippen LogP contribution < -0.4 is 24.8 Å². The molecule has 0 spiro atoms. The molecule has 2 heterocycles. The van der Waals surface area contributed by atoms with Crippen molar-refractivity contribution < 1.29 is 23.4 Å². The Labute approximate surface area is 333 Å². The van der Waals surface area contributed by atoms with Crippen LogP contribution in [-0.2, 0) is 24.4 Å². The van der Waals surface area contributed by atoms with Gasteiger partial charge in [0.05, 0.1) is 34.9 Å². The van der Waals surface area contributed by atoms with Crippen LogP contribution in [0.4, 0.5) is 4.39 Å². The molecule has 3 aliphatic rings. The molecule has 1 amide bonds. The van der Waals surface area contributed by atoms with Gasteiger partial charge in [-0.3, -0.25) is 4.79 Å². The Kier molecular flexibility index (Phi) is 12.7. The standard InChI is InChI=1S/C45H47ClFN5O4/c1-29-36(5-3-8-41(29)54-18-4-15-52-16-13-34(47)14-17-52)37-6-2-7-39-38(37)10-11-42(39)56-44-23-43(55-28-32-20-30(24-48)19-31(21-32)25-49)33(22-40(44)46)26-50-35-9-12-45(53)51-27-35/h2-3,5-8,19-23,34-35,42,50H,4,9-18,26-28H2,1H3,(H,51,53)/t35-,42-/m0/s1. The third kappa shape index (κ3) is 9.45. The Morgan fingerprint density at radius 1 is 0.911 bits per heavy atom. The predicted molar refractivity (Wildman–Crippen MR) is 214 cm³/mol. The topological polar surface area (TPSA) is 120 Å². The number of nitrogens with one attached hydrogen (secondary N) is 2. The van der Waals surface area contributed by atoms with Crippen molar-refractivity contribution in [2.75, 3.05) is 32.8 Å². The molecule has 9 nitrogen and oxygen atoms in total. The average Bonchev–Trinajstić information content (AvgIpc) is 3.63. The number of nitrogens with zero attached hydrogens (tertiary/aromatic N) is 3. The maximum Gasteiger partial charge on any atom is 0.220 e. The van der Waals surface area contributed by atoms with Gasteiger partial charge in [-0.1, -0.05) is 41.9 Å². The minimum atomic E-state index is -0.661. The normalized spacial score (nSPS) is 18.4. The van der Waals surface area contributed by atoms with Gasteiger partial charge >= 0.3 is 0 Å². The van der Waals surface area contributed by atoms with E-state index in [0.717, 1.165) is 78.9 Å². The lowest BCUT2D eigenvalue weighted by molar-refractivity contribution is -0.122. The number of likely N-dealkylation sites (tertiary alicyclic amines) is 1. The molecule has 0 radical (unpaired) electrons. The van der Waals surface area contributed by atoms with E-state index >= 15 is 0 Å². The number of nitriles is 2. The maximum atomic E-state index is 13.5.